The summed E-state index contributed by atoms with van der Waals surface area (Å²) in [5.41, 5.74) is -1.33. The molecular weight excluding hydrogens is 553 g/mol. The van der Waals surface area contributed by atoms with Gasteiger partial charge in [0.2, 0.25) is 0 Å². The maximum atomic E-state index is 13.4. The lowest BCUT2D eigenvalue weighted by molar-refractivity contribution is -0.137. The number of carbonyl (C=O) groups is 3. The molecule has 3 rings (SSSR count). The monoisotopic (exact) mass is 576 g/mol. The Balaban J connectivity index is 1.78. The Morgan fingerprint density at radius 3 is 2.35 bits per heavy atom. The van der Waals surface area contributed by atoms with Crippen LogP contribution in [-0.4, -0.2) is 46.5 Å². The van der Waals surface area contributed by atoms with Crippen molar-refractivity contribution in [2.45, 2.75) is 11.1 Å². The number of alkyl halides is 3. The van der Waals surface area contributed by atoms with Gasteiger partial charge in [-0.05, 0) is 48.5 Å². The molecule has 0 aliphatic rings. The molecule has 0 unspecified atom stereocenters. The Hall–Kier alpha value is -4.65. The number of methoxy groups -OCH3 is 1. The Labute approximate surface area is 227 Å². The van der Waals surface area contributed by atoms with Crippen molar-refractivity contribution in [3.8, 4) is 0 Å². The number of hydrogen-bond acceptors (Lipinski definition) is 7. The van der Waals surface area contributed by atoms with Crippen LogP contribution in [0.5, 0.6) is 0 Å². The van der Waals surface area contributed by atoms with Gasteiger partial charge in [-0.3, -0.25) is 9.10 Å². The zero-order valence-electron chi connectivity index (χ0n) is 21.0. The van der Waals surface area contributed by atoms with Crippen molar-refractivity contribution < 1.29 is 45.4 Å². The van der Waals surface area contributed by atoms with Crippen LogP contribution < -0.4 is 9.62 Å². The minimum atomic E-state index is -4.70. The van der Waals surface area contributed by atoms with Gasteiger partial charge in [-0.25, -0.2) is 18.0 Å². The second-order valence-corrected chi connectivity index (χ2v) is 9.92. The van der Waals surface area contributed by atoms with Crippen molar-refractivity contribution in [1.82, 2.24) is 0 Å². The SMILES string of the molecule is C=CCN(c1cccc(C(F)(F)F)c1)S(=O)(=O)c1cccc(C(=O)OCC(=O)Nc2ccccc2C(=O)OC)c1. The first-order chi connectivity index (χ1) is 18.9. The van der Waals surface area contributed by atoms with Crippen LogP contribution in [-0.2, 0) is 30.5 Å². The summed E-state index contributed by atoms with van der Waals surface area (Å²) in [5, 5.41) is 2.42. The molecule has 0 heterocycles. The number of nitrogens with zero attached hydrogens (tertiary/aromatic N) is 1. The summed E-state index contributed by atoms with van der Waals surface area (Å²) in [6, 6.07) is 14.4. The molecule has 0 atom stereocenters. The molecule has 1 N–H and O–H groups in total. The molecule has 0 saturated carbocycles. The molecule has 0 bridgehead atoms. The van der Waals surface area contributed by atoms with E-state index >= 15 is 0 Å². The quantitative estimate of drug-likeness (QED) is 0.275. The van der Waals surface area contributed by atoms with E-state index < -0.39 is 51.1 Å². The molecule has 9 nitrogen and oxygen atoms in total. The molecule has 3 aromatic rings. The highest BCUT2D eigenvalue weighted by Gasteiger charge is 2.32. The molecular formula is C27H23F3N2O7S. The van der Waals surface area contributed by atoms with E-state index in [1.54, 1.807) is 12.1 Å². The largest absolute Gasteiger partial charge is 0.465 e. The normalized spacial score (nSPS) is 11.3. The topological polar surface area (TPSA) is 119 Å². The number of sulfonamides is 1. The second kappa shape index (κ2) is 12.5. The van der Waals surface area contributed by atoms with E-state index in [1.807, 2.05) is 0 Å². The van der Waals surface area contributed by atoms with Crippen LogP contribution in [0.4, 0.5) is 24.5 Å². The highest BCUT2D eigenvalue weighted by Crippen LogP contribution is 2.33. The Morgan fingerprint density at radius 1 is 0.975 bits per heavy atom. The molecule has 0 saturated heterocycles. The number of benzene rings is 3. The van der Waals surface area contributed by atoms with E-state index in [2.05, 4.69) is 16.6 Å². The number of para-hydroxylation sites is 1. The third-order valence-electron chi connectivity index (χ3n) is 5.35. The predicted octanol–water partition coefficient (Wildman–Crippen LogP) is 4.67. The molecule has 1 amide bonds. The van der Waals surface area contributed by atoms with Crippen molar-refractivity contribution in [3.05, 3.63) is 102 Å². The molecule has 0 fully saturated rings. The summed E-state index contributed by atoms with van der Waals surface area (Å²) >= 11 is 0. The number of hydrogen-bond donors (Lipinski definition) is 1. The Morgan fingerprint density at radius 2 is 1.68 bits per heavy atom. The van der Waals surface area contributed by atoms with Crippen molar-refractivity contribution in [3.63, 3.8) is 0 Å². The van der Waals surface area contributed by atoms with Gasteiger partial charge in [0.25, 0.3) is 15.9 Å². The van der Waals surface area contributed by atoms with Gasteiger partial charge in [0, 0.05) is 0 Å². The van der Waals surface area contributed by atoms with Crippen LogP contribution in [0.3, 0.4) is 0 Å². The fourth-order valence-corrected chi connectivity index (χ4v) is 4.96. The highest BCUT2D eigenvalue weighted by molar-refractivity contribution is 7.92. The van der Waals surface area contributed by atoms with Crippen LogP contribution >= 0.6 is 0 Å². The predicted molar refractivity (Wildman–Crippen MR) is 139 cm³/mol. The molecule has 0 aliphatic carbocycles. The van der Waals surface area contributed by atoms with E-state index in [1.165, 1.54) is 43.5 Å². The molecule has 0 aromatic heterocycles. The molecule has 210 valence electrons. The van der Waals surface area contributed by atoms with Crippen molar-refractivity contribution in [2.24, 2.45) is 0 Å². The fraction of sp³-hybridized carbons (Fsp3) is 0.148. The van der Waals surface area contributed by atoms with Gasteiger partial charge >= 0.3 is 18.1 Å². The Bertz CT molecular complexity index is 1540. The lowest BCUT2D eigenvalue weighted by Crippen LogP contribution is -2.31. The number of ether oxygens (including phenoxy) is 2. The minimum absolute atomic E-state index is 0.0763. The van der Waals surface area contributed by atoms with Gasteiger partial charge in [0.1, 0.15) is 0 Å². The average molecular weight is 577 g/mol. The van der Waals surface area contributed by atoms with E-state index in [4.69, 9.17) is 4.74 Å². The summed E-state index contributed by atoms with van der Waals surface area (Å²) in [6.07, 6.45) is -3.50. The van der Waals surface area contributed by atoms with E-state index in [0.717, 1.165) is 24.3 Å². The molecule has 13 heteroatoms. The smallest absolute Gasteiger partial charge is 0.416 e. The molecule has 0 aliphatic heterocycles. The lowest BCUT2D eigenvalue weighted by atomic mass is 10.2. The standard InChI is InChI=1S/C27H23F3N2O7S/c1-3-14-32(20-10-7-9-19(16-20)27(28,29)30)40(36,37)21-11-6-8-18(15-21)25(34)39-17-24(33)31-23-13-5-4-12-22(23)26(35)38-2/h3-13,15-16H,1,14,17H2,2H3,(H,31,33). The number of rotatable bonds is 10. The second-order valence-electron chi connectivity index (χ2n) is 8.06. The van der Waals surface area contributed by atoms with E-state index in [0.29, 0.717) is 10.4 Å². The number of nitrogens with one attached hydrogen (secondary N) is 1. The van der Waals surface area contributed by atoms with Gasteiger partial charge in [-0.2, -0.15) is 13.2 Å². The average Bonchev–Trinajstić information content (AvgIpc) is 2.94. The first kappa shape index (κ1) is 29.9. The van der Waals surface area contributed by atoms with Gasteiger partial charge in [-0.1, -0.05) is 30.3 Å². The van der Waals surface area contributed by atoms with Crippen LogP contribution in [0, 0.1) is 0 Å². The molecule has 0 radical (unpaired) electrons. The van der Waals surface area contributed by atoms with Gasteiger partial charge in [-0.15, -0.1) is 6.58 Å². The van der Waals surface area contributed by atoms with Gasteiger partial charge < -0.3 is 14.8 Å². The van der Waals surface area contributed by atoms with Gasteiger partial charge in [0.15, 0.2) is 6.61 Å². The zero-order valence-corrected chi connectivity index (χ0v) is 21.8. The van der Waals surface area contributed by atoms with E-state index in [-0.39, 0.29) is 29.0 Å². The lowest BCUT2D eigenvalue weighted by Gasteiger charge is -2.24. The third-order valence-corrected chi connectivity index (χ3v) is 7.14. The van der Waals surface area contributed by atoms with E-state index in [9.17, 15) is 36.0 Å². The van der Waals surface area contributed by atoms with Gasteiger partial charge in [0.05, 0.1) is 46.6 Å². The van der Waals surface area contributed by atoms with Crippen LogP contribution in [0.15, 0.2) is 90.3 Å². The maximum Gasteiger partial charge on any atom is 0.416 e. The summed E-state index contributed by atoms with van der Waals surface area (Å²) in [6.45, 7) is 2.35. The third kappa shape index (κ3) is 7.05. The fourth-order valence-electron chi connectivity index (χ4n) is 3.49. The minimum Gasteiger partial charge on any atom is -0.465 e. The number of carbonyl (C=O) groups excluding carboxylic acids is 3. The van der Waals surface area contributed by atoms with Crippen molar-refractivity contribution >= 4 is 39.2 Å². The maximum absolute atomic E-state index is 13.4. The highest BCUT2D eigenvalue weighted by atomic mass is 32.2. The van der Waals surface area contributed by atoms with Crippen LogP contribution in [0.25, 0.3) is 0 Å². The first-order valence-corrected chi connectivity index (χ1v) is 12.9. The summed E-state index contributed by atoms with van der Waals surface area (Å²) in [4.78, 5) is 36.4. The Kier molecular flexibility index (Phi) is 9.32. The molecule has 40 heavy (non-hydrogen) atoms. The summed E-state index contributed by atoms with van der Waals surface area (Å²) in [7, 11) is -3.28. The van der Waals surface area contributed by atoms with Crippen molar-refractivity contribution in [2.75, 3.05) is 29.9 Å². The zero-order chi connectivity index (χ0) is 29.5. The van der Waals surface area contributed by atoms with Crippen LogP contribution in [0.2, 0.25) is 0 Å². The molecule has 0 spiro atoms. The summed E-state index contributed by atoms with van der Waals surface area (Å²) in [5.74, 6) is -2.51. The molecule has 3 aromatic carbocycles. The summed E-state index contributed by atoms with van der Waals surface area (Å²) < 4.78 is 76.8. The van der Waals surface area contributed by atoms with Crippen LogP contribution in [0.1, 0.15) is 26.3 Å². The van der Waals surface area contributed by atoms with Crippen molar-refractivity contribution in [1.29, 1.82) is 0 Å². The number of anilines is 2. The number of halogens is 3. The number of esters is 2. The number of amides is 1. The first-order valence-electron chi connectivity index (χ1n) is 11.4.